The van der Waals surface area contributed by atoms with Crippen LogP contribution in [-0.4, -0.2) is 32.3 Å². The molecule has 0 aromatic heterocycles. The van der Waals surface area contributed by atoms with Crippen LogP contribution in [0.25, 0.3) is 0 Å². The molecule has 1 atom stereocenters. The van der Waals surface area contributed by atoms with Gasteiger partial charge in [-0.3, -0.25) is 4.79 Å². The Kier molecular flexibility index (Phi) is 5.47. The van der Waals surface area contributed by atoms with Gasteiger partial charge in [-0.05, 0) is 50.8 Å². The highest BCUT2D eigenvalue weighted by Crippen LogP contribution is 2.25. The summed E-state index contributed by atoms with van der Waals surface area (Å²) in [5.41, 5.74) is 0.696. The van der Waals surface area contributed by atoms with Crippen molar-refractivity contribution in [2.45, 2.75) is 51.4 Å². The van der Waals surface area contributed by atoms with E-state index in [1.807, 2.05) is 36.4 Å². The second-order valence-electron chi connectivity index (χ2n) is 7.56. The Morgan fingerprint density at radius 1 is 0.880 bits per heavy atom. The van der Waals surface area contributed by atoms with Crippen LogP contribution >= 0.6 is 0 Å². The summed E-state index contributed by atoms with van der Waals surface area (Å²) in [7, 11) is 0. The van der Waals surface area contributed by atoms with Crippen LogP contribution in [0.1, 0.15) is 60.8 Å². The van der Waals surface area contributed by atoms with E-state index in [1.54, 1.807) is 26.0 Å². The minimum atomic E-state index is -1.38. The zero-order chi connectivity index (χ0) is 18.8. The standard InChI is InChI=1S/C21H26O4/c1-20(2,24)18(22)16-9-5-14(6-10-16)13-15-7-11-17(12-8-15)19(23)21(3,4)25/h5-12,18,22,24-25H,13H2,1-4H3. The van der Waals surface area contributed by atoms with Crippen LogP contribution in [0.15, 0.2) is 48.5 Å². The van der Waals surface area contributed by atoms with E-state index in [0.29, 0.717) is 17.5 Å². The molecular weight excluding hydrogens is 316 g/mol. The van der Waals surface area contributed by atoms with E-state index in [9.17, 15) is 20.1 Å². The number of rotatable bonds is 6. The number of hydrogen-bond donors (Lipinski definition) is 3. The summed E-state index contributed by atoms with van der Waals surface area (Å²) < 4.78 is 0. The predicted molar refractivity (Wildman–Crippen MR) is 97.6 cm³/mol. The van der Waals surface area contributed by atoms with Gasteiger partial charge in [0.15, 0.2) is 5.78 Å². The van der Waals surface area contributed by atoms with Gasteiger partial charge in [0.25, 0.3) is 0 Å². The van der Waals surface area contributed by atoms with E-state index in [2.05, 4.69) is 0 Å². The van der Waals surface area contributed by atoms with E-state index in [0.717, 1.165) is 11.1 Å². The van der Waals surface area contributed by atoms with E-state index in [1.165, 1.54) is 13.8 Å². The van der Waals surface area contributed by atoms with Crippen molar-refractivity contribution in [2.24, 2.45) is 0 Å². The maximum absolute atomic E-state index is 12.0. The second-order valence-corrected chi connectivity index (χ2v) is 7.56. The van der Waals surface area contributed by atoms with Gasteiger partial charge in [-0.1, -0.05) is 48.5 Å². The number of carbonyl (C=O) groups excluding carboxylic acids is 1. The van der Waals surface area contributed by atoms with E-state index >= 15 is 0 Å². The summed E-state index contributed by atoms with van der Waals surface area (Å²) in [6.07, 6.45) is -0.246. The van der Waals surface area contributed by atoms with Gasteiger partial charge >= 0.3 is 0 Å². The van der Waals surface area contributed by atoms with Crippen molar-refractivity contribution in [3.63, 3.8) is 0 Å². The minimum Gasteiger partial charge on any atom is -0.387 e. The third-order valence-corrected chi connectivity index (χ3v) is 4.14. The maximum Gasteiger partial charge on any atom is 0.193 e. The molecule has 0 aliphatic rings. The van der Waals surface area contributed by atoms with E-state index in [4.69, 9.17) is 0 Å². The molecular formula is C21H26O4. The number of ketones is 1. The Morgan fingerprint density at radius 2 is 1.32 bits per heavy atom. The van der Waals surface area contributed by atoms with Crippen LogP contribution in [0.3, 0.4) is 0 Å². The van der Waals surface area contributed by atoms with Gasteiger partial charge < -0.3 is 15.3 Å². The summed E-state index contributed by atoms with van der Waals surface area (Å²) in [4.78, 5) is 12.0. The molecule has 0 heterocycles. The van der Waals surface area contributed by atoms with E-state index < -0.39 is 17.3 Å². The number of aliphatic hydroxyl groups is 3. The zero-order valence-corrected chi connectivity index (χ0v) is 15.2. The lowest BCUT2D eigenvalue weighted by Gasteiger charge is -2.24. The van der Waals surface area contributed by atoms with Crippen molar-refractivity contribution in [3.8, 4) is 0 Å². The molecule has 0 spiro atoms. The first kappa shape index (κ1) is 19.3. The Labute approximate surface area is 148 Å². The van der Waals surface area contributed by atoms with Crippen LogP contribution < -0.4 is 0 Å². The van der Waals surface area contributed by atoms with Gasteiger partial charge in [-0.2, -0.15) is 0 Å². The Balaban J connectivity index is 2.09. The maximum atomic E-state index is 12.0. The molecule has 25 heavy (non-hydrogen) atoms. The van der Waals surface area contributed by atoms with Crippen LogP contribution in [0.2, 0.25) is 0 Å². The van der Waals surface area contributed by atoms with Crippen molar-refractivity contribution in [1.29, 1.82) is 0 Å². The number of aliphatic hydroxyl groups excluding tert-OH is 1. The molecule has 0 saturated heterocycles. The average molecular weight is 342 g/mol. The first-order valence-corrected chi connectivity index (χ1v) is 8.34. The number of carbonyl (C=O) groups is 1. The largest absolute Gasteiger partial charge is 0.387 e. The van der Waals surface area contributed by atoms with Gasteiger partial charge in [0, 0.05) is 5.56 Å². The molecule has 134 valence electrons. The highest BCUT2D eigenvalue weighted by molar-refractivity contribution is 6.01. The van der Waals surface area contributed by atoms with Crippen LogP contribution in [0.5, 0.6) is 0 Å². The highest BCUT2D eigenvalue weighted by Gasteiger charge is 2.26. The average Bonchev–Trinajstić information content (AvgIpc) is 2.53. The third kappa shape index (κ3) is 4.98. The zero-order valence-electron chi connectivity index (χ0n) is 15.2. The van der Waals surface area contributed by atoms with Gasteiger partial charge in [-0.25, -0.2) is 0 Å². The first-order chi connectivity index (χ1) is 11.5. The number of hydrogen-bond acceptors (Lipinski definition) is 4. The van der Waals surface area contributed by atoms with Crippen molar-refractivity contribution in [2.75, 3.05) is 0 Å². The minimum absolute atomic E-state index is 0.302. The van der Waals surface area contributed by atoms with E-state index in [-0.39, 0.29) is 5.78 Å². The fourth-order valence-corrected chi connectivity index (χ4v) is 2.59. The lowest BCUT2D eigenvalue weighted by molar-refractivity contribution is -0.0496. The van der Waals surface area contributed by atoms with Crippen molar-refractivity contribution in [1.82, 2.24) is 0 Å². The quantitative estimate of drug-likeness (QED) is 0.705. The molecule has 4 nitrogen and oxygen atoms in total. The van der Waals surface area contributed by atoms with Crippen LogP contribution in [0, 0.1) is 0 Å². The Hall–Kier alpha value is -2.01. The van der Waals surface area contributed by atoms with Gasteiger partial charge in [0.05, 0.1) is 5.60 Å². The van der Waals surface area contributed by atoms with Crippen LogP contribution in [0.4, 0.5) is 0 Å². The molecule has 4 heteroatoms. The summed E-state index contributed by atoms with van der Waals surface area (Å²) in [5.74, 6) is -0.302. The van der Waals surface area contributed by atoms with Gasteiger partial charge in [0.1, 0.15) is 11.7 Å². The molecule has 0 radical (unpaired) electrons. The molecule has 2 aromatic rings. The predicted octanol–water partition coefficient (Wildman–Crippen LogP) is 3.04. The lowest BCUT2D eigenvalue weighted by Crippen LogP contribution is -2.31. The first-order valence-electron chi connectivity index (χ1n) is 8.34. The molecule has 0 aliphatic heterocycles. The number of benzene rings is 2. The van der Waals surface area contributed by atoms with Gasteiger partial charge in [0.2, 0.25) is 0 Å². The molecule has 0 amide bonds. The molecule has 0 saturated carbocycles. The second kappa shape index (κ2) is 7.08. The summed E-state index contributed by atoms with van der Waals surface area (Å²) in [6.45, 7) is 6.10. The number of Topliss-reactive ketones (excluding diaryl/α,β-unsaturated/α-hetero) is 1. The molecule has 0 fully saturated rings. The molecule has 0 bridgehead atoms. The van der Waals surface area contributed by atoms with Crippen molar-refractivity contribution >= 4 is 5.78 Å². The topological polar surface area (TPSA) is 77.8 Å². The normalized spacial score (nSPS) is 13.6. The highest BCUT2D eigenvalue weighted by atomic mass is 16.3. The molecule has 2 rings (SSSR count). The summed E-state index contributed by atoms with van der Waals surface area (Å²) >= 11 is 0. The molecule has 1 unspecified atom stereocenters. The molecule has 0 aliphatic carbocycles. The van der Waals surface area contributed by atoms with Crippen LogP contribution in [-0.2, 0) is 6.42 Å². The third-order valence-electron chi connectivity index (χ3n) is 4.14. The summed E-state index contributed by atoms with van der Waals surface area (Å²) in [6, 6.07) is 14.6. The monoisotopic (exact) mass is 342 g/mol. The Bertz CT molecular complexity index is 716. The fraction of sp³-hybridized carbons (Fsp3) is 0.381. The van der Waals surface area contributed by atoms with Crippen molar-refractivity contribution in [3.05, 3.63) is 70.8 Å². The SMILES string of the molecule is CC(C)(O)C(=O)c1ccc(Cc2ccc(C(O)C(C)(C)O)cc2)cc1. The smallest absolute Gasteiger partial charge is 0.193 e. The molecule has 3 N–H and O–H groups in total. The van der Waals surface area contributed by atoms with Gasteiger partial charge in [-0.15, -0.1) is 0 Å². The van der Waals surface area contributed by atoms with Crippen molar-refractivity contribution < 1.29 is 20.1 Å². The summed E-state index contributed by atoms with van der Waals surface area (Å²) in [5, 5.41) is 29.7. The fourth-order valence-electron chi connectivity index (χ4n) is 2.59. The lowest BCUT2D eigenvalue weighted by atomic mass is 9.93. The molecule has 2 aromatic carbocycles. The Morgan fingerprint density at radius 3 is 1.72 bits per heavy atom.